The van der Waals surface area contributed by atoms with Gasteiger partial charge in [-0.1, -0.05) is 121 Å². The third-order valence-corrected chi connectivity index (χ3v) is 6.86. The van der Waals surface area contributed by atoms with Gasteiger partial charge in [-0.05, 0) is 22.3 Å². The highest BCUT2D eigenvalue weighted by molar-refractivity contribution is 5.85. The van der Waals surface area contributed by atoms with Crippen molar-refractivity contribution in [1.82, 2.24) is 0 Å². The summed E-state index contributed by atoms with van der Waals surface area (Å²) in [6.07, 6.45) is -2.36. The summed E-state index contributed by atoms with van der Waals surface area (Å²) in [5, 5.41) is 0. The van der Waals surface area contributed by atoms with Crippen LogP contribution in [0, 0.1) is 0 Å². The average molecular weight is 553 g/mol. The Morgan fingerprint density at radius 1 is 0.610 bits per heavy atom. The average Bonchev–Trinajstić information content (AvgIpc) is 3.87. The van der Waals surface area contributed by atoms with E-state index >= 15 is 0 Å². The van der Waals surface area contributed by atoms with Crippen LogP contribution in [0.2, 0.25) is 0 Å². The molecule has 4 aromatic carbocycles. The molecule has 0 N–H and O–H groups in total. The Bertz CT molecular complexity index is 1300. The summed E-state index contributed by atoms with van der Waals surface area (Å²) in [4.78, 5) is 13.8. The monoisotopic (exact) mass is 552 g/mol. The Balaban J connectivity index is 1.37. The third kappa shape index (κ3) is 9.18. The van der Waals surface area contributed by atoms with E-state index in [9.17, 15) is 4.79 Å². The van der Waals surface area contributed by atoms with Crippen LogP contribution in [0.4, 0.5) is 0 Å². The second kappa shape index (κ2) is 15.4. The molecule has 0 aliphatic carbocycles. The Labute approximate surface area is 241 Å². The first-order valence-electron chi connectivity index (χ1n) is 14.0. The normalized spacial score (nSPS) is 16.5. The Kier molecular flexibility index (Phi) is 10.8. The van der Waals surface area contributed by atoms with E-state index in [-0.39, 0.29) is 25.1 Å². The smallest absolute Gasteiger partial charge is 0.189 e. The van der Waals surface area contributed by atoms with Gasteiger partial charge in [-0.15, -0.1) is 0 Å². The van der Waals surface area contributed by atoms with E-state index < -0.39 is 18.3 Å². The van der Waals surface area contributed by atoms with Crippen LogP contribution in [-0.2, 0) is 54.9 Å². The number of hydrogen-bond donors (Lipinski definition) is 0. The van der Waals surface area contributed by atoms with E-state index in [1.54, 1.807) is 0 Å². The lowest BCUT2D eigenvalue weighted by Crippen LogP contribution is -2.50. The zero-order valence-corrected chi connectivity index (χ0v) is 23.0. The standard InChI is InChI=1S/C35H36O6/c36-31(25-37-21-27-13-5-1-6-14-27)33(39-22-28-15-7-2-8-16-28)35(41-24-30-19-11-4-12-20-30)34(32-26-38-32)40-23-29-17-9-3-10-18-29/h1-20,32-35H,21-26H2/t32-,33-,34+,35+/m1/s1. The highest BCUT2D eigenvalue weighted by Gasteiger charge is 2.46. The number of carbonyl (C=O) groups is 1. The van der Waals surface area contributed by atoms with Gasteiger partial charge in [0.25, 0.3) is 0 Å². The number of hydrogen-bond acceptors (Lipinski definition) is 6. The third-order valence-electron chi connectivity index (χ3n) is 6.86. The van der Waals surface area contributed by atoms with Crippen LogP contribution < -0.4 is 0 Å². The highest BCUT2D eigenvalue weighted by atomic mass is 16.6. The molecular weight excluding hydrogens is 516 g/mol. The molecule has 1 aliphatic rings. The van der Waals surface area contributed by atoms with Crippen molar-refractivity contribution >= 4 is 5.78 Å². The predicted octanol–water partition coefficient (Wildman–Crippen LogP) is 5.93. The molecule has 1 fully saturated rings. The molecule has 0 radical (unpaired) electrons. The van der Waals surface area contributed by atoms with E-state index in [1.165, 1.54) is 0 Å². The van der Waals surface area contributed by atoms with Crippen molar-refractivity contribution in [3.8, 4) is 0 Å². The number of benzene rings is 4. The van der Waals surface area contributed by atoms with Crippen molar-refractivity contribution < 1.29 is 28.5 Å². The van der Waals surface area contributed by atoms with Crippen LogP contribution in [0.5, 0.6) is 0 Å². The lowest BCUT2D eigenvalue weighted by molar-refractivity contribution is -0.173. The van der Waals surface area contributed by atoms with Crippen LogP contribution in [-0.4, -0.2) is 43.4 Å². The quantitative estimate of drug-likeness (QED) is 0.151. The van der Waals surface area contributed by atoms with Crippen LogP contribution >= 0.6 is 0 Å². The molecular formula is C35H36O6. The first-order chi connectivity index (χ1) is 20.3. The van der Waals surface area contributed by atoms with Gasteiger partial charge in [0.15, 0.2) is 5.78 Å². The molecule has 6 nitrogen and oxygen atoms in total. The molecule has 1 aliphatic heterocycles. The van der Waals surface area contributed by atoms with Gasteiger partial charge < -0.3 is 23.7 Å². The first kappa shape index (κ1) is 28.9. The molecule has 4 aromatic rings. The highest BCUT2D eigenvalue weighted by Crippen LogP contribution is 2.28. The predicted molar refractivity (Wildman–Crippen MR) is 156 cm³/mol. The fourth-order valence-electron chi connectivity index (χ4n) is 4.60. The molecule has 6 heteroatoms. The molecule has 0 saturated carbocycles. The summed E-state index contributed by atoms with van der Waals surface area (Å²) in [7, 11) is 0. The van der Waals surface area contributed by atoms with Crippen LogP contribution in [0.3, 0.4) is 0 Å². The van der Waals surface area contributed by atoms with Crippen LogP contribution in [0.1, 0.15) is 22.3 Å². The molecule has 0 aromatic heterocycles. The van der Waals surface area contributed by atoms with Gasteiger partial charge in [0, 0.05) is 0 Å². The molecule has 5 rings (SSSR count). The van der Waals surface area contributed by atoms with Crippen molar-refractivity contribution in [1.29, 1.82) is 0 Å². The minimum absolute atomic E-state index is 0.115. The van der Waals surface area contributed by atoms with Crippen molar-refractivity contribution in [3.05, 3.63) is 144 Å². The van der Waals surface area contributed by atoms with Gasteiger partial charge in [0.2, 0.25) is 0 Å². The summed E-state index contributed by atoms with van der Waals surface area (Å²) >= 11 is 0. The number of ether oxygens (including phenoxy) is 5. The number of rotatable bonds is 17. The van der Waals surface area contributed by atoms with E-state index in [0.717, 1.165) is 22.3 Å². The second-order valence-corrected chi connectivity index (χ2v) is 10.1. The van der Waals surface area contributed by atoms with E-state index in [4.69, 9.17) is 23.7 Å². The van der Waals surface area contributed by atoms with Crippen molar-refractivity contribution in [2.24, 2.45) is 0 Å². The lowest BCUT2D eigenvalue weighted by Gasteiger charge is -2.32. The zero-order valence-electron chi connectivity index (χ0n) is 23.0. The molecule has 212 valence electrons. The van der Waals surface area contributed by atoms with Gasteiger partial charge in [-0.25, -0.2) is 0 Å². The van der Waals surface area contributed by atoms with E-state index in [2.05, 4.69) is 0 Å². The van der Waals surface area contributed by atoms with Gasteiger partial charge in [-0.2, -0.15) is 0 Å². The topological polar surface area (TPSA) is 66.5 Å². The summed E-state index contributed by atoms with van der Waals surface area (Å²) in [5.74, 6) is -0.205. The van der Waals surface area contributed by atoms with Crippen molar-refractivity contribution in [3.63, 3.8) is 0 Å². The number of epoxide rings is 1. The second-order valence-electron chi connectivity index (χ2n) is 10.1. The molecule has 1 heterocycles. The van der Waals surface area contributed by atoms with Crippen LogP contribution in [0.25, 0.3) is 0 Å². The molecule has 41 heavy (non-hydrogen) atoms. The summed E-state index contributed by atoms with van der Waals surface area (Å²) in [5.41, 5.74) is 3.97. The van der Waals surface area contributed by atoms with Gasteiger partial charge >= 0.3 is 0 Å². The van der Waals surface area contributed by atoms with Gasteiger partial charge in [-0.3, -0.25) is 4.79 Å². The number of Topliss-reactive ketones (excluding diaryl/α,β-unsaturated/α-hetero) is 1. The van der Waals surface area contributed by atoms with E-state index in [1.807, 2.05) is 121 Å². The van der Waals surface area contributed by atoms with Gasteiger partial charge in [0.05, 0.1) is 33.0 Å². The lowest BCUT2D eigenvalue weighted by atomic mass is 10.0. The fraction of sp³-hybridized carbons (Fsp3) is 0.286. The maximum absolute atomic E-state index is 13.8. The maximum Gasteiger partial charge on any atom is 0.189 e. The zero-order chi connectivity index (χ0) is 28.1. The molecule has 0 bridgehead atoms. The molecule has 1 saturated heterocycles. The maximum atomic E-state index is 13.8. The minimum atomic E-state index is -0.931. The Morgan fingerprint density at radius 2 is 1.02 bits per heavy atom. The minimum Gasteiger partial charge on any atom is -0.370 e. The largest absolute Gasteiger partial charge is 0.370 e. The SMILES string of the molecule is O=C(COCc1ccccc1)[C@@H](OCc1ccccc1)[C@H](OCc1ccccc1)[C@@H](OCc1ccccc1)[C@H]1CO1. The summed E-state index contributed by atoms with van der Waals surface area (Å²) in [6, 6.07) is 39.4. The molecule has 0 unspecified atom stereocenters. The van der Waals surface area contributed by atoms with Gasteiger partial charge in [0.1, 0.15) is 31.0 Å². The van der Waals surface area contributed by atoms with Crippen molar-refractivity contribution in [2.45, 2.75) is 50.8 Å². The van der Waals surface area contributed by atoms with Crippen molar-refractivity contribution in [2.75, 3.05) is 13.2 Å². The van der Waals surface area contributed by atoms with Crippen LogP contribution in [0.15, 0.2) is 121 Å². The van der Waals surface area contributed by atoms with E-state index in [0.29, 0.717) is 26.4 Å². The number of carbonyl (C=O) groups excluding carboxylic acids is 1. The fourth-order valence-corrected chi connectivity index (χ4v) is 4.60. The Morgan fingerprint density at radius 3 is 1.49 bits per heavy atom. The first-order valence-corrected chi connectivity index (χ1v) is 14.0. The summed E-state index contributed by atoms with van der Waals surface area (Å²) in [6.45, 7) is 1.66. The Hall–Kier alpha value is -3.65. The molecule has 0 amide bonds. The molecule has 4 atom stereocenters. The number of ketones is 1. The summed E-state index contributed by atoms with van der Waals surface area (Å²) < 4.78 is 30.9. The molecule has 0 spiro atoms.